The predicted molar refractivity (Wildman–Crippen MR) is 85.1 cm³/mol. The Morgan fingerprint density at radius 2 is 1.87 bits per heavy atom. The molecule has 4 atom stereocenters. The van der Waals surface area contributed by atoms with E-state index in [1.165, 1.54) is 0 Å². The van der Waals surface area contributed by atoms with Crippen LogP contribution in [0.15, 0.2) is 30.3 Å². The van der Waals surface area contributed by atoms with Crippen LogP contribution in [0.3, 0.4) is 0 Å². The van der Waals surface area contributed by atoms with Gasteiger partial charge in [0, 0.05) is 6.42 Å². The van der Waals surface area contributed by atoms with Gasteiger partial charge < -0.3 is 20.3 Å². The summed E-state index contributed by atoms with van der Waals surface area (Å²) in [6.45, 7) is 2.25. The highest BCUT2D eigenvalue weighted by molar-refractivity contribution is 5.78. The van der Waals surface area contributed by atoms with Crippen molar-refractivity contribution in [1.29, 1.82) is 0 Å². The monoisotopic (exact) mass is 320 g/mol. The van der Waals surface area contributed by atoms with E-state index in [9.17, 15) is 15.0 Å². The number of carbonyl (C=O) groups excluding carboxylic acids is 1. The van der Waals surface area contributed by atoms with E-state index in [2.05, 4.69) is 10.2 Å². The first-order valence-corrected chi connectivity index (χ1v) is 8.23. The van der Waals surface area contributed by atoms with Gasteiger partial charge in [-0.15, -0.1) is 0 Å². The molecule has 126 valence electrons. The van der Waals surface area contributed by atoms with Gasteiger partial charge in [0.2, 0.25) is 5.91 Å². The second-order valence-corrected chi connectivity index (χ2v) is 6.34. The van der Waals surface area contributed by atoms with Gasteiger partial charge in [0.15, 0.2) is 0 Å². The van der Waals surface area contributed by atoms with Gasteiger partial charge in [-0.05, 0) is 38.1 Å². The molecule has 0 spiro atoms. The summed E-state index contributed by atoms with van der Waals surface area (Å²) in [5.41, 5.74) is 0. The fraction of sp³-hybridized carbons (Fsp3) is 0.588. The maximum atomic E-state index is 12.1. The van der Waals surface area contributed by atoms with E-state index in [4.69, 9.17) is 4.74 Å². The Morgan fingerprint density at radius 3 is 2.57 bits per heavy atom. The van der Waals surface area contributed by atoms with Crippen molar-refractivity contribution >= 4 is 5.91 Å². The zero-order valence-electron chi connectivity index (χ0n) is 13.1. The molecular weight excluding hydrogens is 296 g/mol. The Hall–Kier alpha value is -1.63. The van der Waals surface area contributed by atoms with Crippen molar-refractivity contribution in [2.45, 2.75) is 43.6 Å². The molecule has 0 aromatic heterocycles. The van der Waals surface area contributed by atoms with Gasteiger partial charge in [-0.2, -0.15) is 0 Å². The molecule has 23 heavy (non-hydrogen) atoms. The molecule has 0 radical (unpaired) electrons. The molecular formula is C17H24N2O4. The van der Waals surface area contributed by atoms with Crippen LogP contribution in [0.5, 0.6) is 5.75 Å². The zero-order chi connectivity index (χ0) is 16.2. The molecule has 1 aliphatic heterocycles. The molecule has 3 N–H and O–H groups in total. The van der Waals surface area contributed by atoms with E-state index in [1.807, 2.05) is 18.2 Å². The number of aliphatic hydroxyl groups is 2. The fourth-order valence-corrected chi connectivity index (χ4v) is 3.32. The zero-order valence-corrected chi connectivity index (χ0v) is 13.1. The summed E-state index contributed by atoms with van der Waals surface area (Å²) >= 11 is 0. The van der Waals surface area contributed by atoms with Crippen LogP contribution in [-0.2, 0) is 4.79 Å². The highest BCUT2D eigenvalue weighted by atomic mass is 16.5. The smallest absolute Gasteiger partial charge is 0.234 e. The minimum Gasteiger partial charge on any atom is -0.488 e. The number of hydrogen-bond acceptors (Lipinski definition) is 5. The Bertz CT molecular complexity index is 519. The summed E-state index contributed by atoms with van der Waals surface area (Å²) < 4.78 is 5.73. The number of aliphatic hydroxyl groups excluding tert-OH is 2. The summed E-state index contributed by atoms with van der Waals surface area (Å²) in [5, 5.41) is 23.1. The van der Waals surface area contributed by atoms with Crippen molar-refractivity contribution in [2.24, 2.45) is 0 Å². The van der Waals surface area contributed by atoms with Crippen LogP contribution in [0, 0.1) is 0 Å². The topological polar surface area (TPSA) is 82.0 Å². The first-order chi connectivity index (χ1) is 11.1. The summed E-state index contributed by atoms with van der Waals surface area (Å²) in [4.78, 5) is 14.2. The highest BCUT2D eigenvalue weighted by Gasteiger charge is 2.43. The predicted octanol–water partition coefficient (Wildman–Crippen LogP) is 0.140. The third kappa shape index (κ3) is 4.02. The van der Waals surface area contributed by atoms with Crippen molar-refractivity contribution in [1.82, 2.24) is 10.2 Å². The third-order valence-corrected chi connectivity index (χ3v) is 4.57. The number of likely N-dealkylation sites (tertiary alicyclic amines) is 1. The van der Waals surface area contributed by atoms with E-state index in [0.717, 1.165) is 25.9 Å². The molecule has 1 saturated carbocycles. The Labute approximate surface area is 136 Å². The number of nitrogens with one attached hydrogen (secondary N) is 1. The molecule has 6 heteroatoms. The van der Waals surface area contributed by atoms with Crippen molar-refractivity contribution in [2.75, 3.05) is 19.6 Å². The van der Waals surface area contributed by atoms with Crippen LogP contribution in [0.4, 0.5) is 0 Å². The van der Waals surface area contributed by atoms with Gasteiger partial charge in [-0.25, -0.2) is 0 Å². The molecule has 1 aliphatic carbocycles. The van der Waals surface area contributed by atoms with E-state index in [1.54, 1.807) is 12.1 Å². The number of benzene rings is 1. The van der Waals surface area contributed by atoms with Crippen LogP contribution in [0.25, 0.3) is 0 Å². The molecule has 3 rings (SSSR count). The van der Waals surface area contributed by atoms with E-state index < -0.39 is 24.4 Å². The van der Waals surface area contributed by atoms with Crippen molar-refractivity contribution in [3.63, 3.8) is 0 Å². The van der Waals surface area contributed by atoms with Gasteiger partial charge in [-0.1, -0.05) is 18.2 Å². The number of amides is 1. The number of nitrogens with zero attached hydrogens (tertiary/aromatic N) is 1. The number of hydrogen-bond donors (Lipinski definition) is 3. The summed E-state index contributed by atoms with van der Waals surface area (Å²) in [6.07, 6.45) is 0.113. The minimum atomic E-state index is -1.01. The quantitative estimate of drug-likeness (QED) is 0.719. The lowest BCUT2D eigenvalue weighted by atomic mass is 10.2. The van der Waals surface area contributed by atoms with Crippen LogP contribution in [0.2, 0.25) is 0 Å². The molecule has 0 bridgehead atoms. The first-order valence-electron chi connectivity index (χ1n) is 8.23. The summed E-state index contributed by atoms with van der Waals surface area (Å²) in [7, 11) is 0. The molecule has 0 unspecified atom stereocenters. The minimum absolute atomic E-state index is 0.108. The molecule has 1 saturated heterocycles. The van der Waals surface area contributed by atoms with Gasteiger partial charge in [0.05, 0.1) is 12.6 Å². The average Bonchev–Trinajstić information content (AvgIpc) is 3.13. The van der Waals surface area contributed by atoms with E-state index in [0.29, 0.717) is 18.7 Å². The fourth-order valence-electron chi connectivity index (χ4n) is 3.32. The van der Waals surface area contributed by atoms with Crippen LogP contribution in [0.1, 0.15) is 19.3 Å². The van der Waals surface area contributed by atoms with Gasteiger partial charge in [0.25, 0.3) is 0 Å². The molecule has 2 fully saturated rings. The highest BCUT2D eigenvalue weighted by Crippen LogP contribution is 2.25. The number of carbonyl (C=O) groups is 1. The second-order valence-electron chi connectivity index (χ2n) is 6.34. The van der Waals surface area contributed by atoms with Crippen LogP contribution >= 0.6 is 0 Å². The Morgan fingerprint density at radius 1 is 1.17 bits per heavy atom. The molecule has 1 aromatic rings. The normalized spacial score (nSPS) is 31.2. The largest absolute Gasteiger partial charge is 0.488 e. The number of rotatable bonds is 5. The lowest BCUT2D eigenvalue weighted by molar-refractivity contribution is -0.123. The average molecular weight is 320 g/mol. The Balaban J connectivity index is 1.53. The van der Waals surface area contributed by atoms with Crippen LogP contribution < -0.4 is 10.1 Å². The van der Waals surface area contributed by atoms with Crippen molar-refractivity contribution in [3.05, 3.63) is 30.3 Å². The third-order valence-electron chi connectivity index (χ3n) is 4.57. The number of ether oxygens (including phenoxy) is 1. The van der Waals surface area contributed by atoms with E-state index in [-0.39, 0.29) is 5.91 Å². The molecule has 2 aliphatic rings. The summed E-state index contributed by atoms with van der Waals surface area (Å²) in [5.74, 6) is 0.538. The SMILES string of the molecule is O=C(CN1CCCC1)N[C@@H]1C[C@@H](Oc2ccccc2)[C@H](O)[C@H]1O. The molecule has 6 nitrogen and oxygen atoms in total. The first kappa shape index (κ1) is 16.2. The van der Waals surface area contributed by atoms with Gasteiger partial charge >= 0.3 is 0 Å². The molecule has 1 aromatic carbocycles. The van der Waals surface area contributed by atoms with Gasteiger partial charge in [-0.3, -0.25) is 9.69 Å². The maximum Gasteiger partial charge on any atom is 0.234 e. The second kappa shape index (κ2) is 7.29. The van der Waals surface area contributed by atoms with Crippen LogP contribution in [-0.4, -0.2) is 65.0 Å². The van der Waals surface area contributed by atoms with Crippen molar-refractivity contribution < 1.29 is 19.7 Å². The van der Waals surface area contributed by atoms with E-state index >= 15 is 0 Å². The maximum absolute atomic E-state index is 12.1. The lowest BCUT2D eigenvalue weighted by Gasteiger charge is -2.20. The Kier molecular flexibility index (Phi) is 5.15. The standard InChI is InChI=1S/C17H24N2O4/c20-15(11-19-8-4-5-9-19)18-13-10-14(17(22)16(13)21)23-12-6-2-1-3-7-12/h1-3,6-7,13-14,16-17,21-22H,4-5,8-11H2,(H,18,20)/t13-,14-,16+,17+/m1/s1. The summed E-state index contributed by atoms with van der Waals surface area (Å²) in [6, 6.07) is 8.71. The van der Waals surface area contributed by atoms with Crippen molar-refractivity contribution in [3.8, 4) is 5.75 Å². The molecule has 1 heterocycles. The van der Waals surface area contributed by atoms with Gasteiger partial charge in [0.1, 0.15) is 24.1 Å². The number of para-hydroxylation sites is 1. The lowest BCUT2D eigenvalue weighted by Crippen LogP contribution is -2.46. The molecule has 1 amide bonds.